The van der Waals surface area contributed by atoms with Gasteiger partial charge in [-0.3, -0.25) is 0 Å². The summed E-state index contributed by atoms with van der Waals surface area (Å²) in [5, 5.41) is 9.13. The Kier molecular flexibility index (Phi) is 4.32. The lowest BCUT2D eigenvalue weighted by Gasteiger charge is -2.16. The third-order valence-corrected chi connectivity index (χ3v) is 1.42. The van der Waals surface area contributed by atoms with Crippen molar-refractivity contribution in [2.45, 2.75) is 32.4 Å². The summed E-state index contributed by atoms with van der Waals surface area (Å²) >= 11 is 0. The predicted molar refractivity (Wildman–Crippen MR) is 43.6 cm³/mol. The zero-order chi connectivity index (χ0) is 8.15. The summed E-state index contributed by atoms with van der Waals surface area (Å²) < 4.78 is 0. The monoisotopic (exact) mass is 143 g/mol. The van der Waals surface area contributed by atoms with E-state index in [2.05, 4.69) is 20.4 Å². The summed E-state index contributed by atoms with van der Waals surface area (Å²) in [6.45, 7) is 7.62. The number of nitrogens with two attached hydrogens (primary N) is 1. The highest BCUT2D eigenvalue weighted by molar-refractivity contribution is 4.86. The average molecular weight is 143 g/mol. The highest BCUT2D eigenvalue weighted by Crippen LogP contribution is 2.05. The van der Waals surface area contributed by atoms with Crippen molar-refractivity contribution in [3.05, 3.63) is 12.7 Å². The van der Waals surface area contributed by atoms with Gasteiger partial charge in [0.25, 0.3) is 0 Å². The summed E-state index contributed by atoms with van der Waals surface area (Å²) in [6, 6.07) is -0.155. The van der Waals surface area contributed by atoms with E-state index in [1.165, 1.54) is 6.08 Å². The van der Waals surface area contributed by atoms with Crippen LogP contribution in [-0.2, 0) is 0 Å². The number of rotatable bonds is 4. The van der Waals surface area contributed by atoms with E-state index in [0.717, 1.165) is 6.42 Å². The van der Waals surface area contributed by atoms with Crippen LogP contribution >= 0.6 is 0 Å². The van der Waals surface area contributed by atoms with E-state index in [9.17, 15) is 0 Å². The molecule has 60 valence electrons. The molecule has 2 nitrogen and oxygen atoms in total. The second-order valence-electron chi connectivity index (χ2n) is 3.02. The number of aliphatic hydroxyl groups is 1. The molecule has 0 aliphatic rings. The topological polar surface area (TPSA) is 46.2 Å². The molecule has 10 heavy (non-hydrogen) atoms. The van der Waals surface area contributed by atoms with Crippen LogP contribution in [0.3, 0.4) is 0 Å². The Labute approximate surface area is 62.7 Å². The summed E-state index contributed by atoms with van der Waals surface area (Å²) in [5.74, 6) is 0.532. The molecule has 0 saturated heterocycles. The fraction of sp³-hybridized carbons (Fsp3) is 0.750. The fourth-order valence-electron chi connectivity index (χ4n) is 0.859. The molecule has 0 aromatic heterocycles. The molecule has 0 aromatic carbocycles. The quantitative estimate of drug-likeness (QED) is 0.574. The molecule has 0 spiro atoms. The first-order valence-electron chi connectivity index (χ1n) is 3.64. The lowest BCUT2D eigenvalue weighted by Crippen LogP contribution is -2.34. The molecule has 0 aromatic rings. The van der Waals surface area contributed by atoms with Gasteiger partial charge in [-0.2, -0.15) is 0 Å². The normalized spacial score (nSPS) is 16.9. The predicted octanol–water partition coefficient (Wildman–Crippen LogP) is 0.907. The van der Waals surface area contributed by atoms with E-state index in [-0.39, 0.29) is 6.04 Å². The van der Waals surface area contributed by atoms with E-state index < -0.39 is 6.10 Å². The Morgan fingerprint density at radius 3 is 2.40 bits per heavy atom. The van der Waals surface area contributed by atoms with Crippen molar-refractivity contribution in [2.75, 3.05) is 0 Å². The Morgan fingerprint density at radius 2 is 2.10 bits per heavy atom. The van der Waals surface area contributed by atoms with Gasteiger partial charge in [0.15, 0.2) is 0 Å². The maximum atomic E-state index is 9.13. The Balaban J connectivity index is 3.60. The lowest BCUT2D eigenvalue weighted by atomic mass is 10.0. The van der Waals surface area contributed by atoms with Crippen molar-refractivity contribution in [1.82, 2.24) is 0 Å². The number of hydrogen-bond acceptors (Lipinski definition) is 2. The van der Waals surface area contributed by atoms with E-state index in [1.54, 1.807) is 0 Å². The summed E-state index contributed by atoms with van der Waals surface area (Å²) in [5.41, 5.74) is 5.61. The van der Waals surface area contributed by atoms with Crippen molar-refractivity contribution in [3.63, 3.8) is 0 Å². The first-order chi connectivity index (χ1) is 4.57. The first-order valence-corrected chi connectivity index (χ1v) is 3.64. The van der Waals surface area contributed by atoms with Gasteiger partial charge in [-0.1, -0.05) is 19.9 Å². The van der Waals surface area contributed by atoms with Crippen LogP contribution in [0.25, 0.3) is 0 Å². The van der Waals surface area contributed by atoms with Gasteiger partial charge in [-0.15, -0.1) is 6.58 Å². The molecule has 0 unspecified atom stereocenters. The van der Waals surface area contributed by atoms with Crippen LogP contribution in [0.5, 0.6) is 0 Å². The molecule has 0 saturated carbocycles. The van der Waals surface area contributed by atoms with E-state index in [0.29, 0.717) is 5.92 Å². The molecule has 0 rings (SSSR count). The SMILES string of the molecule is C=C[C@H](O)[C@H](N)CC(C)C. The molecule has 0 amide bonds. The molecule has 2 atom stereocenters. The third-order valence-electron chi connectivity index (χ3n) is 1.42. The van der Waals surface area contributed by atoms with Gasteiger partial charge in [0.2, 0.25) is 0 Å². The van der Waals surface area contributed by atoms with E-state index in [1.807, 2.05) is 0 Å². The van der Waals surface area contributed by atoms with Crippen LogP contribution in [0, 0.1) is 5.92 Å². The van der Waals surface area contributed by atoms with Crippen LogP contribution in [-0.4, -0.2) is 17.3 Å². The summed E-state index contributed by atoms with van der Waals surface area (Å²) in [4.78, 5) is 0. The van der Waals surface area contributed by atoms with Crippen LogP contribution in [0.1, 0.15) is 20.3 Å². The smallest absolute Gasteiger partial charge is 0.0869 e. The zero-order valence-electron chi connectivity index (χ0n) is 6.75. The molecule has 0 radical (unpaired) electrons. The van der Waals surface area contributed by atoms with Crippen molar-refractivity contribution >= 4 is 0 Å². The van der Waals surface area contributed by atoms with Gasteiger partial charge < -0.3 is 10.8 Å². The minimum absolute atomic E-state index is 0.155. The van der Waals surface area contributed by atoms with Gasteiger partial charge >= 0.3 is 0 Å². The van der Waals surface area contributed by atoms with Gasteiger partial charge in [0, 0.05) is 6.04 Å². The minimum atomic E-state index is -0.553. The van der Waals surface area contributed by atoms with Crippen LogP contribution in [0.2, 0.25) is 0 Å². The molecule has 0 bridgehead atoms. The average Bonchev–Trinajstić information content (AvgIpc) is 1.85. The van der Waals surface area contributed by atoms with E-state index >= 15 is 0 Å². The van der Waals surface area contributed by atoms with Gasteiger partial charge in [-0.25, -0.2) is 0 Å². The molecule has 0 aliphatic carbocycles. The zero-order valence-corrected chi connectivity index (χ0v) is 6.75. The van der Waals surface area contributed by atoms with Crippen LogP contribution < -0.4 is 5.73 Å². The van der Waals surface area contributed by atoms with Crippen LogP contribution in [0.15, 0.2) is 12.7 Å². The second kappa shape index (κ2) is 4.47. The maximum Gasteiger partial charge on any atom is 0.0869 e. The Bertz CT molecular complexity index is 101. The first kappa shape index (κ1) is 9.66. The van der Waals surface area contributed by atoms with Crippen molar-refractivity contribution < 1.29 is 5.11 Å². The molecule has 3 N–H and O–H groups in total. The second-order valence-corrected chi connectivity index (χ2v) is 3.02. The Hall–Kier alpha value is -0.340. The van der Waals surface area contributed by atoms with Crippen molar-refractivity contribution in [2.24, 2.45) is 11.7 Å². The van der Waals surface area contributed by atoms with E-state index in [4.69, 9.17) is 10.8 Å². The summed E-state index contributed by atoms with van der Waals surface area (Å²) in [7, 11) is 0. The number of hydrogen-bond donors (Lipinski definition) is 2. The standard InChI is InChI=1S/C8H17NO/c1-4-8(10)7(9)5-6(2)3/h4,6-8,10H,1,5,9H2,2-3H3/t7-,8+/m1/s1. The molecular weight excluding hydrogens is 126 g/mol. The fourth-order valence-corrected chi connectivity index (χ4v) is 0.859. The van der Waals surface area contributed by atoms with Gasteiger partial charge in [-0.05, 0) is 12.3 Å². The highest BCUT2D eigenvalue weighted by Gasteiger charge is 2.11. The largest absolute Gasteiger partial charge is 0.387 e. The maximum absolute atomic E-state index is 9.13. The number of aliphatic hydroxyl groups excluding tert-OH is 1. The molecule has 0 fully saturated rings. The summed E-state index contributed by atoms with van der Waals surface area (Å²) in [6.07, 6.45) is 1.77. The van der Waals surface area contributed by atoms with Crippen molar-refractivity contribution in [3.8, 4) is 0 Å². The van der Waals surface area contributed by atoms with Gasteiger partial charge in [0.1, 0.15) is 0 Å². The van der Waals surface area contributed by atoms with Crippen molar-refractivity contribution in [1.29, 1.82) is 0 Å². The Morgan fingerprint density at radius 1 is 1.60 bits per heavy atom. The minimum Gasteiger partial charge on any atom is -0.387 e. The molecule has 0 aliphatic heterocycles. The molecule has 0 heterocycles. The molecular formula is C8H17NO. The molecule has 2 heteroatoms. The highest BCUT2D eigenvalue weighted by atomic mass is 16.3. The lowest BCUT2D eigenvalue weighted by molar-refractivity contribution is 0.179. The third kappa shape index (κ3) is 3.64. The van der Waals surface area contributed by atoms with Crippen LogP contribution in [0.4, 0.5) is 0 Å². The van der Waals surface area contributed by atoms with Gasteiger partial charge in [0.05, 0.1) is 6.10 Å².